The van der Waals surface area contributed by atoms with Gasteiger partial charge in [-0.3, -0.25) is 0 Å². The Balaban J connectivity index is 1.63. The molecule has 0 radical (unpaired) electrons. The highest BCUT2D eigenvalue weighted by Crippen LogP contribution is 2.35. The first-order valence-electron chi connectivity index (χ1n) is 8.49. The average molecular weight is 393 g/mol. The van der Waals surface area contributed by atoms with Gasteiger partial charge in [-0.25, -0.2) is 13.4 Å². The van der Waals surface area contributed by atoms with Gasteiger partial charge in [0, 0.05) is 18.9 Å². The topological polar surface area (TPSA) is 135 Å². The quantitative estimate of drug-likeness (QED) is 0.696. The first kappa shape index (κ1) is 18.0. The molecule has 4 rings (SSSR count). The SMILES string of the molecule is Cc1noc2ncc(S(=O)(=O)N3CC[C@@](O)(c4nc(C(C)C)no4)C3)cc12. The predicted octanol–water partition coefficient (Wildman–Crippen LogP) is 1.32. The molecule has 144 valence electrons. The molecular formula is C16H19N5O5S. The number of aromatic nitrogens is 4. The normalized spacial score (nSPS) is 21.5. The van der Waals surface area contributed by atoms with Crippen LogP contribution >= 0.6 is 0 Å². The summed E-state index contributed by atoms with van der Waals surface area (Å²) < 4.78 is 37.4. The molecule has 0 spiro atoms. The summed E-state index contributed by atoms with van der Waals surface area (Å²) in [6.07, 6.45) is 1.39. The van der Waals surface area contributed by atoms with E-state index >= 15 is 0 Å². The molecule has 1 fully saturated rings. The van der Waals surface area contributed by atoms with Gasteiger partial charge < -0.3 is 14.2 Å². The Labute approximate surface area is 155 Å². The molecule has 27 heavy (non-hydrogen) atoms. The van der Waals surface area contributed by atoms with Crippen LogP contribution in [-0.2, 0) is 15.6 Å². The van der Waals surface area contributed by atoms with Crippen molar-refractivity contribution in [2.45, 2.75) is 43.6 Å². The van der Waals surface area contributed by atoms with Gasteiger partial charge in [-0.15, -0.1) is 0 Å². The van der Waals surface area contributed by atoms with E-state index in [0.717, 1.165) is 0 Å². The molecule has 0 aliphatic carbocycles. The van der Waals surface area contributed by atoms with E-state index in [9.17, 15) is 13.5 Å². The van der Waals surface area contributed by atoms with Crippen molar-refractivity contribution in [2.75, 3.05) is 13.1 Å². The van der Waals surface area contributed by atoms with Gasteiger partial charge in [-0.1, -0.05) is 24.2 Å². The number of pyridine rings is 1. The number of hydrogen-bond acceptors (Lipinski definition) is 9. The molecule has 0 bridgehead atoms. The van der Waals surface area contributed by atoms with Crippen LogP contribution in [-0.4, -0.2) is 51.2 Å². The zero-order valence-electron chi connectivity index (χ0n) is 15.1. The Morgan fingerprint density at radius 2 is 2.07 bits per heavy atom. The maximum absolute atomic E-state index is 13.0. The number of rotatable bonds is 4. The fourth-order valence-electron chi connectivity index (χ4n) is 3.01. The van der Waals surface area contributed by atoms with Crippen molar-refractivity contribution in [3.63, 3.8) is 0 Å². The van der Waals surface area contributed by atoms with Gasteiger partial charge in [0.05, 0.1) is 23.8 Å². The van der Waals surface area contributed by atoms with Crippen molar-refractivity contribution in [1.29, 1.82) is 0 Å². The van der Waals surface area contributed by atoms with Crippen LogP contribution in [0.4, 0.5) is 0 Å². The Morgan fingerprint density at radius 3 is 2.78 bits per heavy atom. The lowest BCUT2D eigenvalue weighted by Crippen LogP contribution is -2.34. The smallest absolute Gasteiger partial charge is 0.260 e. The maximum atomic E-state index is 13.0. The van der Waals surface area contributed by atoms with E-state index in [2.05, 4.69) is 20.3 Å². The molecule has 0 unspecified atom stereocenters. The van der Waals surface area contributed by atoms with Crippen LogP contribution in [0.1, 0.15) is 43.6 Å². The highest BCUT2D eigenvalue weighted by Gasteiger charge is 2.47. The second kappa shape index (κ2) is 6.08. The van der Waals surface area contributed by atoms with Crippen molar-refractivity contribution < 1.29 is 22.6 Å². The summed E-state index contributed by atoms with van der Waals surface area (Å²) in [4.78, 5) is 8.25. The Bertz CT molecular complexity index is 1110. The van der Waals surface area contributed by atoms with E-state index < -0.39 is 15.6 Å². The molecular weight excluding hydrogens is 374 g/mol. The van der Waals surface area contributed by atoms with Gasteiger partial charge in [0.1, 0.15) is 4.90 Å². The van der Waals surface area contributed by atoms with Gasteiger partial charge in [-0.2, -0.15) is 9.29 Å². The first-order valence-corrected chi connectivity index (χ1v) is 9.93. The lowest BCUT2D eigenvalue weighted by atomic mass is 10.0. The van der Waals surface area contributed by atoms with Crippen molar-refractivity contribution in [1.82, 2.24) is 24.6 Å². The summed E-state index contributed by atoms with van der Waals surface area (Å²) in [6, 6.07) is 1.48. The molecule has 1 aliphatic rings. The summed E-state index contributed by atoms with van der Waals surface area (Å²) in [5, 5.41) is 19.0. The summed E-state index contributed by atoms with van der Waals surface area (Å²) in [5.41, 5.74) is -0.686. The van der Waals surface area contributed by atoms with E-state index in [-0.39, 0.29) is 41.9 Å². The van der Waals surface area contributed by atoms with Gasteiger partial charge in [0.2, 0.25) is 10.0 Å². The zero-order valence-corrected chi connectivity index (χ0v) is 15.9. The number of β-amino-alcohol motifs (C(OH)–C–C–N with tert-alkyl or cyclic N) is 1. The van der Waals surface area contributed by atoms with Crippen LogP contribution in [0, 0.1) is 6.92 Å². The Morgan fingerprint density at radius 1 is 1.30 bits per heavy atom. The number of fused-ring (bicyclic) bond motifs is 1. The molecule has 1 N–H and O–H groups in total. The van der Waals surface area contributed by atoms with Crippen LogP contribution in [0.2, 0.25) is 0 Å². The molecule has 10 nitrogen and oxygen atoms in total. The largest absolute Gasteiger partial charge is 0.379 e. The highest BCUT2D eigenvalue weighted by atomic mass is 32.2. The fraction of sp³-hybridized carbons (Fsp3) is 0.500. The molecule has 1 atom stereocenters. The minimum absolute atomic E-state index is 0.0129. The van der Waals surface area contributed by atoms with Crippen LogP contribution in [0.3, 0.4) is 0 Å². The van der Waals surface area contributed by atoms with Crippen LogP contribution in [0.15, 0.2) is 26.2 Å². The summed E-state index contributed by atoms with van der Waals surface area (Å²) in [6.45, 7) is 5.47. The predicted molar refractivity (Wildman–Crippen MR) is 92.2 cm³/mol. The summed E-state index contributed by atoms with van der Waals surface area (Å²) in [5.74, 6) is 0.543. The first-order chi connectivity index (χ1) is 12.7. The van der Waals surface area contributed by atoms with E-state index in [1.165, 1.54) is 16.6 Å². The third kappa shape index (κ3) is 2.91. The van der Waals surface area contributed by atoms with Crippen molar-refractivity contribution in [3.05, 3.63) is 29.7 Å². The molecule has 1 saturated heterocycles. The standard InChI is InChI=1S/C16H19N5O5S/c1-9(2)13-18-15(26-20-13)16(22)4-5-21(8-16)27(23,24)11-6-12-10(3)19-25-14(12)17-7-11/h6-7,9,22H,4-5,8H2,1-3H3/t16-/m0/s1. The van der Waals surface area contributed by atoms with Gasteiger partial charge in [-0.05, 0) is 13.0 Å². The van der Waals surface area contributed by atoms with Crippen LogP contribution in [0.5, 0.6) is 0 Å². The van der Waals surface area contributed by atoms with E-state index in [1.54, 1.807) is 6.92 Å². The molecule has 0 aromatic carbocycles. The second-order valence-electron chi connectivity index (χ2n) is 7.02. The lowest BCUT2D eigenvalue weighted by molar-refractivity contribution is 0.0194. The average Bonchev–Trinajstić information content (AvgIpc) is 3.34. The maximum Gasteiger partial charge on any atom is 0.260 e. The minimum atomic E-state index is -3.86. The highest BCUT2D eigenvalue weighted by molar-refractivity contribution is 7.89. The van der Waals surface area contributed by atoms with Gasteiger partial charge in [0.25, 0.3) is 11.6 Å². The Hall–Kier alpha value is -2.37. The molecule has 1 aliphatic heterocycles. The Kier molecular flexibility index (Phi) is 4.05. The molecule has 0 amide bonds. The molecule has 4 heterocycles. The minimum Gasteiger partial charge on any atom is -0.379 e. The van der Waals surface area contributed by atoms with Crippen molar-refractivity contribution in [2.24, 2.45) is 0 Å². The molecule has 3 aromatic rings. The van der Waals surface area contributed by atoms with Crippen LogP contribution < -0.4 is 0 Å². The number of aliphatic hydroxyl groups is 1. The molecule has 0 saturated carbocycles. The number of sulfonamides is 1. The second-order valence-corrected chi connectivity index (χ2v) is 8.96. The van der Waals surface area contributed by atoms with Crippen molar-refractivity contribution in [3.8, 4) is 0 Å². The number of nitrogens with zero attached hydrogens (tertiary/aromatic N) is 5. The third-order valence-electron chi connectivity index (χ3n) is 4.69. The monoisotopic (exact) mass is 393 g/mol. The fourth-order valence-corrected chi connectivity index (χ4v) is 4.48. The van der Waals surface area contributed by atoms with E-state index in [1.807, 2.05) is 13.8 Å². The molecule has 11 heteroatoms. The summed E-state index contributed by atoms with van der Waals surface area (Å²) >= 11 is 0. The van der Waals surface area contributed by atoms with Crippen molar-refractivity contribution >= 4 is 21.1 Å². The zero-order chi connectivity index (χ0) is 19.4. The summed E-state index contributed by atoms with van der Waals surface area (Å²) in [7, 11) is -3.86. The van der Waals surface area contributed by atoms with E-state index in [0.29, 0.717) is 16.9 Å². The van der Waals surface area contributed by atoms with Gasteiger partial charge in [0.15, 0.2) is 11.4 Å². The number of aryl methyl sites for hydroxylation is 1. The third-order valence-corrected chi connectivity index (χ3v) is 6.50. The van der Waals surface area contributed by atoms with Crippen LogP contribution in [0.25, 0.3) is 11.1 Å². The molecule has 3 aromatic heterocycles. The number of hydrogen-bond donors (Lipinski definition) is 1. The van der Waals surface area contributed by atoms with Gasteiger partial charge >= 0.3 is 0 Å². The van der Waals surface area contributed by atoms with E-state index in [4.69, 9.17) is 9.05 Å². The lowest BCUT2D eigenvalue weighted by Gasteiger charge is -2.19.